The van der Waals surface area contributed by atoms with Crippen molar-refractivity contribution >= 4 is 130 Å². The van der Waals surface area contributed by atoms with Crippen molar-refractivity contribution in [2.75, 3.05) is 69.0 Å². The number of hydrogen-bond acceptors (Lipinski definition) is 12. The van der Waals surface area contributed by atoms with Gasteiger partial charge in [0.05, 0.1) is 0 Å². The maximum Gasteiger partial charge on any atom is 0.00653 e. The zero-order valence-corrected chi connectivity index (χ0v) is 86.4. The molecule has 68 fully saturated rings. The minimum absolute atomic E-state index is 0.993. The van der Waals surface area contributed by atoms with Gasteiger partial charge in [0.1, 0.15) is 0 Å². The van der Waals surface area contributed by atoms with Gasteiger partial charge in [-0.2, -0.15) is 0 Å². The third-order valence-corrected chi connectivity index (χ3v) is 58.3. The van der Waals surface area contributed by atoms with Gasteiger partial charge in [-0.1, -0.05) is 130 Å². The van der Waals surface area contributed by atoms with E-state index >= 15 is 0 Å². The number of rotatable bonds is 0. The Labute approximate surface area is 789 Å². The molecule has 68 aliphatic rings. The average molecular weight is 1860 g/mol. The molecule has 0 atom stereocenters. The average Bonchev–Trinajstić information content (AvgIpc) is 0.811. The quantitative estimate of drug-likeness (QED) is 0.212. The highest BCUT2D eigenvalue weighted by Gasteiger charge is 2.49. The van der Waals surface area contributed by atoms with Gasteiger partial charge < -0.3 is 0 Å². The first-order chi connectivity index (χ1) is 59.3. The van der Waals surface area contributed by atoms with Gasteiger partial charge in [0.2, 0.25) is 0 Å². The SMILES string of the molecule is C1CC2CCC1CSSCC1CCC(CC1)C1C[C@H]3C[C@@H](C1)[C@H]1CC[C@H](CC1)CSSC[C@@H]1CC[C@@H](CC1)[C@H]1CC4CC(C1)[C@H]1CC[C@H](CC1)CSSC[C@@H]1CC[C@@H](CC1)[C@H]1CC2C[C@H](C1)[C@H]1CC[C@H](CC1)CSSC[C@@H]1CC[C@@H](CC1)C1CC(C[C@H](C1)[C@H]1CC[C@H](CC1)CSSC[C@@H]1CC[C@H]3CC1)[C@H]1CC[C@H](CC1)CSSC[C@@H]1CC[C@H]4CC1. The highest BCUT2D eigenvalue weighted by Crippen LogP contribution is 2.61. The van der Waals surface area contributed by atoms with E-state index in [0.29, 0.717) is 0 Å². The van der Waals surface area contributed by atoms with Crippen molar-refractivity contribution in [3.63, 3.8) is 0 Å². The van der Waals surface area contributed by atoms with Crippen LogP contribution in [0.4, 0.5) is 0 Å². The summed E-state index contributed by atoms with van der Waals surface area (Å²) in [6.45, 7) is 0. The molecule has 16 aliphatic carbocycles. The Hall–Kier alpha value is 4.20. The molecule has 684 valence electrons. The standard InChI is InChI=1S/C108H180S12/c1-25-85-26-2-73(1)61-109-110-62-74-3-31-88(32-4-74)100-52-101-54-102(53-100)90-35-11-80(12-36-90)68-116-118-70-82-19-43-94(44-20-82)106-56-104-58-108(60-106)96-47-23-84(24-48-96)72-120-119-71-83-21-45-95(46-22-83)107-57-103(55-105(59-107)93-41-17-81(18-42-93)69-117-115-67-79-9-33-89(101)34-10-79)91-37-13-77(14-38-91)65-113-111-63-75-5-27-86(28-6-75)98-49-97(85)50-99(51-98)87-29-7-76(8-30-87)64-112-114-66-78-15-39-92(104)40-16-78/h73-108H,1-72H2/t73-,74-,75-,76-,77-,78-,79-,80-,81-,82-,83?,84?,85+,86+,87+,88+,89+,90+,91+,92+,93+,94+,95?,96?,97?,98-,99?,100?,101+,102?,103-,104+,105+,106-,107?,108?. The van der Waals surface area contributed by atoms with E-state index in [1.54, 1.807) is 385 Å². The Morgan fingerprint density at radius 3 is 0.208 bits per heavy atom. The van der Waals surface area contributed by atoms with Crippen molar-refractivity contribution in [3.05, 3.63) is 0 Å². The van der Waals surface area contributed by atoms with Crippen LogP contribution in [-0.2, 0) is 0 Å². The molecule has 0 N–H and O–H groups in total. The fourth-order valence-corrected chi connectivity index (χ4v) is 51.9. The zero-order chi connectivity index (χ0) is 80.2. The lowest BCUT2D eigenvalue weighted by Gasteiger charge is -2.48. The minimum Gasteiger partial charge on any atom is -0.0939 e. The largest absolute Gasteiger partial charge is 0.0939 e. The maximum atomic E-state index is 2.36. The molecule has 0 amide bonds. The summed E-state index contributed by atoms with van der Waals surface area (Å²) in [5.41, 5.74) is 0. The normalized spacial score (nSPS) is 49.2. The van der Waals surface area contributed by atoms with Crippen LogP contribution in [0.5, 0.6) is 0 Å². The molecule has 12 heteroatoms. The Kier molecular flexibility index (Phi) is 37.1. The van der Waals surface area contributed by atoms with E-state index in [4.69, 9.17) is 0 Å². The molecule has 36 bridgehead atoms. The van der Waals surface area contributed by atoms with Crippen molar-refractivity contribution in [1.82, 2.24) is 0 Å². The van der Waals surface area contributed by atoms with E-state index in [-0.39, 0.29) is 0 Å². The summed E-state index contributed by atoms with van der Waals surface area (Å²) in [4.78, 5) is 0. The van der Waals surface area contributed by atoms with Gasteiger partial charge in [-0.05, 0) is 598 Å². The van der Waals surface area contributed by atoms with Crippen molar-refractivity contribution in [1.29, 1.82) is 0 Å². The smallest absolute Gasteiger partial charge is 0.00653 e. The number of hydrogen-bond donors (Lipinski definition) is 0. The molecule has 0 aromatic heterocycles. The van der Waals surface area contributed by atoms with Crippen LogP contribution >= 0.6 is 130 Å². The van der Waals surface area contributed by atoms with Crippen LogP contribution in [0.2, 0.25) is 0 Å². The third kappa shape index (κ3) is 26.1. The van der Waals surface area contributed by atoms with Gasteiger partial charge >= 0.3 is 0 Å². The van der Waals surface area contributed by atoms with E-state index in [0.717, 1.165) is 213 Å². The zero-order valence-electron chi connectivity index (χ0n) is 76.6. The van der Waals surface area contributed by atoms with Crippen LogP contribution < -0.4 is 0 Å². The Morgan fingerprint density at radius 1 is 0.0750 bits per heavy atom. The van der Waals surface area contributed by atoms with Crippen molar-refractivity contribution in [2.24, 2.45) is 213 Å². The molecule has 0 unspecified atom stereocenters. The van der Waals surface area contributed by atoms with Crippen LogP contribution in [0.3, 0.4) is 0 Å². The molecule has 0 spiro atoms. The molecule has 52 aliphatic heterocycles. The van der Waals surface area contributed by atoms with E-state index in [1.165, 1.54) is 69.0 Å². The second kappa shape index (κ2) is 47.8. The summed E-state index contributed by atoms with van der Waals surface area (Å²) < 4.78 is 0. The van der Waals surface area contributed by atoms with Crippen LogP contribution in [0.15, 0.2) is 0 Å². The summed E-state index contributed by atoms with van der Waals surface area (Å²) in [6, 6.07) is 0. The molecule has 68 rings (SSSR count). The minimum atomic E-state index is 0.993. The van der Waals surface area contributed by atoms with Crippen LogP contribution in [-0.4, -0.2) is 69.0 Å². The molecule has 0 nitrogen and oxygen atoms in total. The topological polar surface area (TPSA) is 0 Å². The summed E-state index contributed by atoms with van der Waals surface area (Å²) >= 11 is 0. The van der Waals surface area contributed by atoms with Crippen LogP contribution in [0.1, 0.15) is 385 Å². The molecule has 16 saturated carbocycles. The van der Waals surface area contributed by atoms with Gasteiger partial charge in [-0.25, -0.2) is 0 Å². The lowest BCUT2D eigenvalue weighted by atomic mass is 9.58. The van der Waals surface area contributed by atoms with E-state index in [1.807, 2.05) is 0 Å². The predicted octanol–water partition coefficient (Wildman–Crippen LogP) is 36.1. The van der Waals surface area contributed by atoms with Crippen LogP contribution in [0.25, 0.3) is 0 Å². The van der Waals surface area contributed by atoms with Crippen LogP contribution in [0, 0.1) is 213 Å². The summed E-state index contributed by atoms with van der Waals surface area (Å²) in [5.74, 6) is 54.5. The van der Waals surface area contributed by atoms with Gasteiger partial charge in [-0.3, -0.25) is 0 Å². The second-order valence-corrected chi connectivity index (χ2v) is 64.0. The summed E-state index contributed by atoms with van der Waals surface area (Å²) in [6.07, 6.45) is 95.2. The third-order valence-electron chi connectivity index (χ3n) is 42.1. The monoisotopic (exact) mass is 1860 g/mol. The molecular formula is C108H180S12. The highest BCUT2D eigenvalue weighted by molar-refractivity contribution is 8.78. The molecule has 52 saturated heterocycles. The summed E-state index contributed by atoms with van der Waals surface area (Å²) in [5, 5.41) is 0. The van der Waals surface area contributed by atoms with E-state index in [9.17, 15) is 0 Å². The molecular weight excluding hydrogens is 1680 g/mol. The van der Waals surface area contributed by atoms with Gasteiger partial charge in [0.15, 0.2) is 0 Å². The molecule has 0 aromatic carbocycles. The van der Waals surface area contributed by atoms with E-state index in [2.05, 4.69) is 130 Å². The second-order valence-electron chi connectivity index (χ2n) is 48.7. The van der Waals surface area contributed by atoms with E-state index < -0.39 is 0 Å². The fourth-order valence-electron chi connectivity index (χ4n) is 34.1. The van der Waals surface area contributed by atoms with Gasteiger partial charge in [0.25, 0.3) is 0 Å². The van der Waals surface area contributed by atoms with Crippen molar-refractivity contribution in [2.45, 2.75) is 385 Å². The lowest BCUT2D eigenvalue weighted by Crippen LogP contribution is -2.37. The summed E-state index contributed by atoms with van der Waals surface area (Å²) in [7, 11) is 28.3. The van der Waals surface area contributed by atoms with Gasteiger partial charge in [0, 0.05) is 69.0 Å². The lowest BCUT2D eigenvalue weighted by molar-refractivity contribution is 0.0351. The first-order valence-corrected chi connectivity index (χ1v) is 69.7. The van der Waals surface area contributed by atoms with Gasteiger partial charge in [-0.15, -0.1) is 0 Å². The van der Waals surface area contributed by atoms with Crippen molar-refractivity contribution < 1.29 is 0 Å². The maximum absolute atomic E-state index is 2.36. The highest BCUT2D eigenvalue weighted by atomic mass is 33.1. The first kappa shape index (κ1) is 93.2. The Balaban J connectivity index is 0.561. The molecule has 0 radical (unpaired) electrons. The Bertz CT molecular complexity index is 2160. The van der Waals surface area contributed by atoms with Crippen molar-refractivity contribution in [3.8, 4) is 0 Å². The molecule has 120 heavy (non-hydrogen) atoms. The fraction of sp³-hybridized carbons (Fsp3) is 1.00. The Morgan fingerprint density at radius 2 is 0.142 bits per heavy atom. The first-order valence-electron chi connectivity index (χ1n) is 54.8. The molecule has 52 heterocycles. The predicted molar refractivity (Wildman–Crippen MR) is 552 cm³/mol. The molecule has 0 aromatic rings.